The average molecular weight is 403 g/mol. The van der Waals surface area contributed by atoms with Gasteiger partial charge in [0.15, 0.2) is 0 Å². The highest BCUT2D eigenvalue weighted by Crippen LogP contribution is 2.25. The van der Waals surface area contributed by atoms with Crippen LogP contribution in [0.5, 0.6) is 0 Å². The summed E-state index contributed by atoms with van der Waals surface area (Å²) < 4.78 is 2.15. The predicted octanol–water partition coefficient (Wildman–Crippen LogP) is 5.09. The van der Waals surface area contributed by atoms with Gasteiger partial charge in [-0.3, -0.25) is 0 Å². The lowest BCUT2D eigenvalue weighted by Gasteiger charge is -2.13. The summed E-state index contributed by atoms with van der Waals surface area (Å²) in [6, 6.07) is 6.45. The van der Waals surface area contributed by atoms with Gasteiger partial charge < -0.3 is 15.0 Å². The van der Waals surface area contributed by atoms with Gasteiger partial charge in [-0.25, -0.2) is 4.79 Å². The van der Waals surface area contributed by atoms with Crippen molar-refractivity contribution in [3.63, 3.8) is 0 Å². The molecular weight excluding hydrogens is 368 g/mol. The zero-order valence-corrected chi connectivity index (χ0v) is 18.7. The second kappa shape index (κ2) is 10.7. The molecule has 0 atom stereocenters. The zero-order chi connectivity index (χ0) is 20.7. The summed E-state index contributed by atoms with van der Waals surface area (Å²) in [5.74, 6) is 1.52. The molecule has 1 aromatic carbocycles. The van der Waals surface area contributed by atoms with Crippen molar-refractivity contribution in [1.29, 1.82) is 0 Å². The van der Waals surface area contributed by atoms with Crippen LogP contribution in [0.15, 0.2) is 18.2 Å². The Hall–Kier alpha value is -1.72. The predicted molar refractivity (Wildman–Crippen MR) is 120 cm³/mol. The van der Waals surface area contributed by atoms with E-state index in [9.17, 15) is 9.90 Å². The first-order chi connectivity index (χ1) is 13.4. The van der Waals surface area contributed by atoms with E-state index in [4.69, 9.17) is 0 Å². The van der Waals surface area contributed by atoms with Gasteiger partial charge in [0.2, 0.25) is 0 Å². The van der Waals surface area contributed by atoms with Crippen molar-refractivity contribution < 1.29 is 9.90 Å². The van der Waals surface area contributed by atoms with Gasteiger partial charge in [0.25, 0.3) is 0 Å². The molecule has 0 fully saturated rings. The third kappa shape index (κ3) is 5.65. The van der Waals surface area contributed by atoms with Crippen LogP contribution in [0, 0.1) is 27.7 Å². The fraction of sp³-hybridized carbons (Fsp3) is 0.522. The third-order valence-electron chi connectivity index (χ3n) is 5.25. The SMILES string of the molecule is CCCSCCCNCc1c(C(=O)O)c(C)n(Cc2cc(C)ccc2C)c1C. The minimum atomic E-state index is -0.837. The van der Waals surface area contributed by atoms with E-state index in [-0.39, 0.29) is 0 Å². The number of nitrogens with zero attached hydrogens (tertiary/aromatic N) is 1. The van der Waals surface area contributed by atoms with Crippen molar-refractivity contribution in [2.45, 2.75) is 60.5 Å². The van der Waals surface area contributed by atoms with E-state index in [1.54, 1.807) is 0 Å². The minimum absolute atomic E-state index is 0.454. The quantitative estimate of drug-likeness (QED) is 0.514. The molecule has 0 bridgehead atoms. The molecule has 154 valence electrons. The maximum atomic E-state index is 11.9. The molecule has 1 aromatic heterocycles. The van der Waals surface area contributed by atoms with E-state index < -0.39 is 5.97 Å². The summed E-state index contributed by atoms with van der Waals surface area (Å²) in [6.45, 7) is 12.6. The summed E-state index contributed by atoms with van der Waals surface area (Å²) in [6.07, 6.45) is 2.32. The van der Waals surface area contributed by atoms with Crippen LogP contribution in [0.25, 0.3) is 0 Å². The molecule has 0 saturated heterocycles. The van der Waals surface area contributed by atoms with E-state index in [1.165, 1.54) is 28.9 Å². The highest BCUT2D eigenvalue weighted by molar-refractivity contribution is 7.99. The second-order valence-electron chi connectivity index (χ2n) is 7.49. The number of nitrogens with one attached hydrogen (secondary N) is 1. The minimum Gasteiger partial charge on any atom is -0.478 e. The van der Waals surface area contributed by atoms with E-state index in [0.29, 0.717) is 18.7 Å². The van der Waals surface area contributed by atoms with Crippen LogP contribution >= 0.6 is 11.8 Å². The number of aromatic carboxylic acids is 1. The van der Waals surface area contributed by atoms with Gasteiger partial charge in [-0.05, 0) is 69.7 Å². The number of aryl methyl sites for hydroxylation is 2. The number of thioether (sulfide) groups is 1. The number of carboxylic acid groups (broad SMARTS) is 1. The molecule has 1 heterocycles. The first-order valence-corrected chi connectivity index (χ1v) is 11.3. The zero-order valence-electron chi connectivity index (χ0n) is 17.9. The largest absolute Gasteiger partial charge is 0.478 e. The Morgan fingerprint density at radius 3 is 2.57 bits per heavy atom. The van der Waals surface area contributed by atoms with Gasteiger partial charge in [0.1, 0.15) is 0 Å². The summed E-state index contributed by atoms with van der Waals surface area (Å²) in [7, 11) is 0. The van der Waals surface area contributed by atoms with Gasteiger partial charge in [-0.1, -0.05) is 30.7 Å². The van der Waals surface area contributed by atoms with Gasteiger partial charge in [0, 0.05) is 30.0 Å². The molecule has 4 nitrogen and oxygen atoms in total. The van der Waals surface area contributed by atoms with Crippen LogP contribution < -0.4 is 5.32 Å². The van der Waals surface area contributed by atoms with E-state index in [2.05, 4.69) is 48.9 Å². The Balaban J connectivity index is 2.16. The van der Waals surface area contributed by atoms with Gasteiger partial charge in [-0.15, -0.1) is 0 Å². The molecular formula is C23H34N2O2S. The Morgan fingerprint density at radius 2 is 1.89 bits per heavy atom. The van der Waals surface area contributed by atoms with Crippen molar-refractivity contribution in [1.82, 2.24) is 9.88 Å². The van der Waals surface area contributed by atoms with E-state index in [1.807, 2.05) is 25.6 Å². The Kier molecular flexibility index (Phi) is 8.64. The number of benzene rings is 1. The molecule has 0 aliphatic carbocycles. The summed E-state index contributed by atoms with van der Waals surface area (Å²) in [5.41, 5.74) is 6.95. The fourth-order valence-corrected chi connectivity index (χ4v) is 4.43. The topological polar surface area (TPSA) is 54.3 Å². The number of aromatic nitrogens is 1. The standard InChI is InChI=1S/C23H34N2O2S/c1-6-11-28-12-7-10-24-14-21-18(4)25(19(5)22(21)23(26)27)15-20-13-16(2)8-9-17(20)3/h8-9,13,24H,6-7,10-12,14-15H2,1-5H3,(H,26,27). The lowest BCUT2D eigenvalue weighted by molar-refractivity contribution is 0.0694. The van der Waals surface area contributed by atoms with Crippen LogP contribution in [0.2, 0.25) is 0 Å². The number of rotatable bonds is 11. The van der Waals surface area contributed by atoms with Crippen molar-refractivity contribution in [3.8, 4) is 0 Å². The molecule has 0 spiro atoms. The summed E-state index contributed by atoms with van der Waals surface area (Å²) in [5, 5.41) is 13.3. The molecule has 0 amide bonds. The van der Waals surface area contributed by atoms with Crippen LogP contribution in [-0.4, -0.2) is 33.7 Å². The molecule has 2 rings (SSSR count). The summed E-state index contributed by atoms with van der Waals surface area (Å²) >= 11 is 1.98. The molecule has 28 heavy (non-hydrogen) atoms. The fourth-order valence-electron chi connectivity index (χ4n) is 3.59. The summed E-state index contributed by atoms with van der Waals surface area (Å²) in [4.78, 5) is 11.9. The van der Waals surface area contributed by atoms with E-state index >= 15 is 0 Å². The number of hydrogen-bond acceptors (Lipinski definition) is 3. The van der Waals surface area contributed by atoms with Crippen molar-refractivity contribution >= 4 is 17.7 Å². The van der Waals surface area contributed by atoms with Crippen molar-refractivity contribution in [2.75, 3.05) is 18.1 Å². The van der Waals surface area contributed by atoms with Crippen LogP contribution in [-0.2, 0) is 13.1 Å². The molecule has 5 heteroatoms. The average Bonchev–Trinajstić information content (AvgIpc) is 2.88. The number of carbonyl (C=O) groups is 1. The maximum absolute atomic E-state index is 11.9. The lowest BCUT2D eigenvalue weighted by Crippen LogP contribution is -2.17. The smallest absolute Gasteiger partial charge is 0.337 e. The van der Waals surface area contributed by atoms with Crippen molar-refractivity contribution in [3.05, 3.63) is 57.4 Å². The first-order valence-electron chi connectivity index (χ1n) is 10.1. The normalized spacial score (nSPS) is 11.2. The van der Waals surface area contributed by atoms with E-state index in [0.717, 1.165) is 35.7 Å². The molecule has 0 unspecified atom stereocenters. The number of hydrogen-bond donors (Lipinski definition) is 2. The number of carboxylic acids is 1. The van der Waals surface area contributed by atoms with Crippen LogP contribution in [0.1, 0.15) is 63.8 Å². The monoisotopic (exact) mass is 402 g/mol. The second-order valence-corrected chi connectivity index (χ2v) is 8.71. The van der Waals surface area contributed by atoms with Crippen LogP contribution in [0.4, 0.5) is 0 Å². The van der Waals surface area contributed by atoms with Gasteiger partial charge in [0.05, 0.1) is 5.56 Å². The third-order valence-corrected chi connectivity index (χ3v) is 6.52. The molecule has 0 radical (unpaired) electrons. The molecule has 0 saturated carbocycles. The highest BCUT2D eigenvalue weighted by atomic mass is 32.2. The highest BCUT2D eigenvalue weighted by Gasteiger charge is 2.22. The maximum Gasteiger partial charge on any atom is 0.337 e. The Morgan fingerprint density at radius 1 is 1.14 bits per heavy atom. The van der Waals surface area contributed by atoms with Crippen molar-refractivity contribution in [2.24, 2.45) is 0 Å². The van der Waals surface area contributed by atoms with Gasteiger partial charge >= 0.3 is 5.97 Å². The molecule has 0 aliphatic rings. The lowest BCUT2D eigenvalue weighted by atomic mass is 10.1. The molecule has 2 aromatic rings. The molecule has 0 aliphatic heterocycles. The Bertz CT molecular complexity index is 811. The Labute approximate surface area is 173 Å². The molecule has 2 N–H and O–H groups in total. The van der Waals surface area contributed by atoms with Crippen LogP contribution in [0.3, 0.4) is 0 Å². The van der Waals surface area contributed by atoms with Gasteiger partial charge in [-0.2, -0.15) is 11.8 Å². The first kappa shape index (κ1) is 22.6.